The number of rotatable bonds is 5. The lowest BCUT2D eigenvalue weighted by Gasteiger charge is -2.12. The molecule has 0 radical (unpaired) electrons. The fourth-order valence-corrected chi connectivity index (χ4v) is 4.01. The number of nitrogens with one attached hydrogen (secondary N) is 1. The highest BCUT2D eigenvalue weighted by Gasteiger charge is 2.24. The molecule has 0 aliphatic heterocycles. The van der Waals surface area contributed by atoms with Gasteiger partial charge >= 0.3 is 5.97 Å². The van der Waals surface area contributed by atoms with Gasteiger partial charge in [0.1, 0.15) is 6.54 Å². The molecule has 0 amide bonds. The van der Waals surface area contributed by atoms with Gasteiger partial charge in [0.05, 0.1) is 20.5 Å². The molecule has 0 saturated carbocycles. The van der Waals surface area contributed by atoms with Gasteiger partial charge in [0.15, 0.2) is 0 Å². The van der Waals surface area contributed by atoms with Gasteiger partial charge in [0.2, 0.25) is 9.84 Å². The maximum Gasteiger partial charge on any atom is 0.322 e. The summed E-state index contributed by atoms with van der Waals surface area (Å²) in [6, 6.07) is 10.1. The van der Waals surface area contributed by atoms with E-state index in [-0.39, 0.29) is 25.5 Å². The van der Waals surface area contributed by atoms with Crippen molar-refractivity contribution in [2.75, 3.05) is 11.9 Å². The van der Waals surface area contributed by atoms with Crippen molar-refractivity contribution < 1.29 is 18.3 Å². The van der Waals surface area contributed by atoms with Gasteiger partial charge in [-0.2, -0.15) is 0 Å². The normalized spacial score (nSPS) is 11.2. The largest absolute Gasteiger partial charge is 0.480 e. The molecule has 22 heavy (non-hydrogen) atoms. The standard InChI is InChI=1S/C14H11Cl2NO4S/c15-9-5-6-10(16)13(7-9)22(20,21)12-4-2-1-3-11(12)17-8-14(18)19/h1-7,17H,8H2,(H,18,19). The number of anilines is 1. The van der Waals surface area contributed by atoms with Crippen LogP contribution in [-0.4, -0.2) is 26.0 Å². The van der Waals surface area contributed by atoms with Gasteiger partial charge in [0.25, 0.3) is 0 Å². The minimum atomic E-state index is -3.94. The first-order valence-corrected chi connectivity index (χ1v) is 8.31. The molecule has 0 fully saturated rings. The molecule has 0 bridgehead atoms. The Labute approximate surface area is 137 Å². The van der Waals surface area contributed by atoms with E-state index in [0.29, 0.717) is 0 Å². The SMILES string of the molecule is O=C(O)CNc1ccccc1S(=O)(=O)c1cc(Cl)ccc1Cl. The van der Waals surface area contributed by atoms with E-state index in [2.05, 4.69) is 5.32 Å². The zero-order valence-electron chi connectivity index (χ0n) is 11.1. The molecule has 8 heteroatoms. The molecular formula is C14H11Cl2NO4S. The number of para-hydroxylation sites is 1. The molecule has 0 heterocycles. The predicted octanol–water partition coefficient (Wildman–Crippen LogP) is 3.32. The predicted molar refractivity (Wildman–Crippen MR) is 84.5 cm³/mol. The number of carboxylic acid groups (broad SMARTS) is 1. The Morgan fingerprint density at radius 1 is 1.09 bits per heavy atom. The zero-order chi connectivity index (χ0) is 16.3. The van der Waals surface area contributed by atoms with Crippen molar-refractivity contribution in [3.05, 3.63) is 52.5 Å². The second kappa shape index (κ2) is 6.56. The first-order chi connectivity index (χ1) is 10.3. The van der Waals surface area contributed by atoms with Gasteiger partial charge in [-0.1, -0.05) is 35.3 Å². The second-order valence-electron chi connectivity index (χ2n) is 4.32. The lowest BCUT2D eigenvalue weighted by atomic mass is 10.3. The Kier molecular flexibility index (Phi) is 4.95. The monoisotopic (exact) mass is 359 g/mol. The van der Waals surface area contributed by atoms with Crippen LogP contribution >= 0.6 is 23.2 Å². The second-order valence-corrected chi connectivity index (χ2v) is 7.05. The topological polar surface area (TPSA) is 83.5 Å². The molecule has 2 aromatic carbocycles. The number of carbonyl (C=O) groups is 1. The fraction of sp³-hybridized carbons (Fsp3) is 0.0714. The minimum Gasteiger partial charge on any atom is -0.480 e. The molecule has 5 nitrogen and oxygen atoms in total. The average Bonchev–Trinajstić information content (AvgIpc) is 2.47. The molecule has 2 N–H and O–H groups in total. The summed E-state index contributed by atoms with van der Waals surface area (Å²) >= 11 is 11.8. The van der Waals surface area contributed by atoms with Gasteiger partial charge in [-0.15, -0.1) is 0 Å². The highest BCUT2D eigenvalue weighted by atomic mass is 35.5. The number of hydrogen-bond acceptors (Lipinski definition) is 4. The summed E-state index contributed by atoms with van der Waals surface area (Å²) in [5.74, 6) is -1.10. The Morgan fingerprint density at radius 2 is 1.77 bits per heavy atom. The molecule has 2 aromatic rings. The Balaban J connectivity index is 2.54. The molecule has 0 aliphatic carbocycles. The molecule has 0 atom stereocenters. The molecule has 2 rings (SSSR count). The van der Waals surface area contributed by atoms with Crippen LogP contribution in [0.3, 0.4) is 0 Å². The maximum absolute atomic E-state index is 12.7. The van der Waals surface area contributed by atoms with E-state index in [4.69, 9.17) is 28.3 Å². The van der Waals surface area contributed by atoms with E-state index in [1.54, 1.807) is 6.07 Å². The van der Waals surface area contributed by atoms with Crippen LogP contribution in [0.4, 0.5) is 5.69 Å². The molecule has 0 spiro atoms. The Morgan fingerprint density at radius 3 is 2.45 bits per heavy atom. The van der Waals surface area contributed by atoms with Crippen LogP contribution in [0.15, 0.2) is 52.3 Å². The summed E-state index contributed by atoms with van der Waals surface area (Å²) in [6.45, 7) is -0.407. The van der Waals surface area contributed by atoms with E-state index in [1.165, 1.54) is 36.4 Å². The highest BCUT2D eigenvalue weighted by Crippen LogP contribution is 2.33. The van der Waals surface area contributed by atoms with Crippen LogP contribution in [-0.2, 0) is 14.6 Å². The highest BCUT2D eigenvalue weighted by molar-refractivity contribution is 7.91. The third kappa shape index (κ3) is 3.52. The Hall–Kier alpha value is -1.76. The molecule has 0 unspecified atom stereocenters. The van der Waals surface area contributed by atoms with Crippen molar-refractivity contribution in [2.45, 2.75) is 9.79 Å². The molecule has 116 valence electrons. The lowest BCUT2D eigenvalue weighted by Crippen LogP contribution is -2.15. The number of halogens is 2. The molecular weight excluding hydrogens is 349 g/mol. The van der Waals surface area contributed by atoms with Crippen LogP contribution in [0.5, 0.6) is 0 Å². The van der Waals surface area contributed by atoms with E-state index < -0.39 is 22.4 Å². The Bertz CT molecular complexity index is 821. The van der Waals surface area contributed by atoms with Crippen molar-refractivity contribution >= 4 is 44.7 Å². The van der Waals surface area contributed by atoms with Crippen molar-refractivity contribution in [2.24, 2.45) is 0 Å². The summed E-state index contributed by atoms with van der Waals surface area (Å²) in [5.41, 5.74) is 0.181. The first kappa shape index (κ1) is 16.6. The van der Waals surface area contributed by atoms with Gasteiger partial charge in [0, 0.05) is 5.02 Å². The maximum atomic E-state index is 12.7. The summed E-state index contributed by atoms with van der Waals surface area (Å²) in [5, 5.41) is 11.6. The third-order valence-electron chi connectivity index (χ3n) is 2.79. The number of aliphatic carboxylic acids is 1. The summed E-state index contributed by atoms with van der Waals surface area (Å²) in [4.78, 5) is 10.4. The fourth-order valence-electron chi connectivity index (χ4n) is 1.82. The quantitative estimate of drug-likeness (QED) is 0.855. The molecule has 0 aromatic heterocycles. The average molecular weight is 360 g/mol. The van der Waals surface area contributed by atoms with Crippen molar-refractivity contribution in [3.8, 4) is 0 Å². The number of hydrogen-bond donors (Lipinski definition) is 2. The summed E-state index contributed by atoms with van der Waals surface area (Å²) < 4.78 is 25.5. The van der Waals surface area contributed by atoms with E-state index in [9.17, 15) is 13.2 Å². The zero-order valence-corrected chi connectivity index (χ0v) is 13.4. The van der Waals surface area contributed by atoms with E-state index >= 15 is 0 Å². The summed E-state index contributed by atoms with van der Waals surface area (Å²) in [6.07, 6.45) is 0. The summed E-state index contributed by atoms with van der Waals surface area (Å²) in [7, 11) is -3.94. The lowest BCUT2D eigenvalue weighted by molar-refractivity contribution is -0.134. The molecule has 0 saturated heterocycles. The van der Waals surface area contributed by atoms with Crippen LogP contribution in [0.25, 0.3) is 0 Å². The van der Waals surface area contributed by atoms with Gasteiger partial charge in [-0.25, -0.2) is 8.42 Å². The van der Waals surface area contributed by atoms with Crippen molar-refractivity contribution in [1.82, 2.24) is 0 Å². The molecule has 0 aliphatic rings. The van der Waals surface area contributed by atoms with E-state index in [0.717, 1.165) is 0 Å². The van der Waals surface area contributed by atoms with Gasteiger partial charge in [-0.05, 0) is 30.3 Å². The van der Waals surface area contributed by atoms with Crippen LogP contribution in [0.2, 0.25) is 10.0 Å². The first-order valence-electron chi connectivity index (χ1n) is 6.07. The number of sulfone groups is 1. The minimum absolute atomic E-state index is 0.0393. The smallest absolute Gasteiger partial charge is 0.322 e. The van der Waals surface area contributed by atoms with Gasteiger partial charge in [-0.3, -0.25) is 4.79 Å². The van der Waals surface area contributed by atoms with Crippen LogP contribution < -0.4 is 5.32 Å². The van der Waals surface area contributed by atoms with Crippen molar-refractivity contribution in [3.63, 3.8) is 0 Å². The number of carboxylic acids is 1. The van der Waals surface area contributed by atoms with Crippen molar-refractivity contribution in [1.29, 1.82) is 0 Å². The van der Waals surface area contributed by atoms with Crippen LogP contribution in [0.1, 0.15) is 0 Å². The third-order valence-corrected chi connectivity index (χ3v) is 5.32. The van der Waals surface area contributed by atoms with E-state index in [1.807, 2.05) is 0 Å². The van der Waals surface area contributed by atoms with Gasteiger partial charge < -0.3 is 10.4 Å². The van der Waals surface area contributed by atoms with Crippen LogP contribution in [0, 0.1) is 0 Å². The number of benzene rings is 2.